The van der Waals surface area contributed by atoms with Gasteiger partial charge in [-0.3, -0.25) is 4.79 Å². The minimum absolute atomic E-state index is 0.293. The number of rotatable bonds is 4. The molecule has 5 rings (SSSR count). The number of nitrogens with zero attached hydrogens (tertiary/aromatic N) is 2. The van der Waals surface area contributed by atoms with Gasteiger partial charge in [0, 0.05) is 36.0 Å². The Bertz CT molecular complexity index is 1350. The lowest BCUT2D eigenvalue weighted by atomic mass is 10.0. The molecular formula is C27H25N5O3. The highest BCUT2D eigenvalue weighted by Crippen LogP contribution is 2.27. The number of para-hydroxylation sites is 1. The molecule has 0 aromatic heterocycles. The molecule has 3 amide bonds. The van der Waals surface area contributed by atoms with Crippen LogP contribution in [-0.2, 0) is 4.79 Å². The van der Waals surface area contributed by atoms with E-state index in [1.54, 1.807) is 25.2 Å². The topological polar surface area (TPSA) is 106 Å². The van der Waals surface area contributed by atoms with Crippen LogP contribution < -0.4 is 20.9 Å². The number of benzodiazepines with no additional fused rings is 1. The van der Waals surface area contributed by atoms with Crippen molar-refractivity contribution in [3.63, 3.8) is 0 Å². The number of carbonyl (C=O) groups excluding carboxylic acids is 2. The molecule has 8 heteroatoms. The van der Waals surface area contributed by atoms with Crippen LogP contribution in [0.15, 0.2) is 89.6 Å². The summed E-state index contributed by atoms with van der Waals surface area (Å²) in [5.74, 6) is -0.0552. The molecule has 0 unspecified atom stereocenters. The second-order valence-corrected chi connectivity index (χ2v) is 8.37. The highest BCUT2D eigenvalue weighted by atomic mass is 16.3. The average molecular weight is 468 g/mol. The summed E-state index contributed by atoms with van der Waals surface area (Å²) in [4.78, 5) is 32.4. The number of anilines is 2. The van der Waals surface area contributed by atoms with Crippen molar-refractivity contribution in [1.82, 2.24) is 10.6 Å². The number of amides is 3. The molecule has 4 N–H and O–H groups in total. The van der Waals surface area contributed by atoms with Gasteiger partial charge in [0.05, 0.1) is 17.9 Å². The van der Waals surface area contributed by atoms with Crippen molar-refractivity contribution in [2.24, 2.45) is 4.99 Å². The third-order valence-electron chi connectivity index (χ3n) is 6.07. The maximum atomic E-state index is 13.3. The number of aliphatic hydroxyl groups is 1. The Balaban J connectivity index is 1.42. The molecule has 1 atom stereocenters. The van der Waals surface area contributed by atoms with Gasteiger partial charge in [0.15, 0.2) is 0 Å². The van der Waals surface area contributed by atoms with Crippen molar-refractivity contribution < 1.29 is 14.7 Å². The predicted molar refractivity (Wildman–Crippen MR) is 137 cm³/mol. The van der Waals surface area contributed by atoms with Gasteiger partial charge in [0.1, 0.15) is 5.76 Å². The molecule has 0 saturated carbocycles. The zero-order valence-corrected chi connectivity index (χ0v) is 19.2. The lowest BCUT2D eigenvalue weighted by molar-refractivity contribution is -0.119. The van der Waals surface area contributed by atoms with E-state index in [-0.39, 0.29) is 5.91 Å². The van der Waals surface area contributed by atoms with Crippen LogP contribution in [0.4, 0.5) is 16.2 Å². The van der Waals surface area contributed by atoms with Gasteiger partial charge in [0.2, 0.25) is 6.17 Å². The molecular weight excluding hydrogens is 442 g/mol. The van der Waals surface area contributed by atoms with Gasteiger partial charge in [0.25, 0.3) is 5.91 Å². The molecule has 0 saturated heterocycles. The van der Waals surface area contributed by atoms with Crippen LogP contribution in [0.3, 0.4) is 0 Å². The third-order valence-corrected chi connectivity index (χ3v) is 6.07. The second-order valence-electron chi connectivity index (χ2n) is 8.37. The van der Waals surface area contributed by atoms with Crippen LogP contribution in [0, 0.1) is 0 Å². The Labute approximate surface area is 203 Å². The van der Waals surface area contributed by atoms with E-state index in [9.17, 15) is 14.7 Å². The Morgan fingerprint density at radius 2 is 1.74 bits per heavy atom. The first-order valence-electron chi connectivity index (χ1n) is 11.3. The number of hydrogen-bond acceptors (Lipinski definition) is 5. The van der Waals surface area contributed by atoms with Gasteiger partial charge >= 0.3 is 6.03 Å². The maximum Gasteiger partial charge on any atom is 0.321 e. The maximum absolute atomic E-state index is 13.3. The molecule has 0 radical (unpaired) electrons. The summed E-state index contributed by atoms with van der Waals surface area (Å²) in [7, 11) is 1.68. The molecule has 2 heterocycles. The van der Waals surface area contributed by atoms with E-state index in [1.165, 1.54) is 4.90 Å². The number of nitrogens with one attached hydrogen (secondary N) is 3. The van der Waals surface area contributed by atoms with Crippen molar-refractivity contribution in [2.75, 3.05) is 30.4 Å². The molecule has 3 aromatic carbocycles. The first-order chi connectivity index (χ1) is 17.0. The second kappa shape index (κ2) is 9.44. The molecule has 3 aromatic rings. The van der Waals surface area contributed by atoms with E-state index in [0.717, 1.165) is 28.0 Å². The highest BCUT2D eigenvalue weighted by molar-refractivity contribution is 6.20. The number of aliphatic imine (C=N–C) groups is 1. The van der Waals surface area contributed by atoms with Crippen molar-refractivity contribution in [1.29, 1.82) is 0 Å². The molecule has 176 valence electrons. The monoisotopic (exact) mass is 467 g/mol. The number of likely N-dealkylation sites (N-methyl/N-ethyl adjacent to an activating group) is 1. The zero-order valence-electron chi connectivity index (χ0n) is 19.2. The number of carbonyl (C=O) groups is 2. The normalized spacial score (nSPS) is 17.5. The lowest BCUT2D eigenvalue weighted by Crippen LogP contribution is -2.47. The Morgan fingerprint density at radius 3 is 2.51 bits per heavy atom. The zero-order chi connectivity index (χ0) is 24.4. The van der Waals surface area contributed by atoms with E-state index in [0.29, 0.717) is 30.2 Å². The number of fused-ring (bicyclic) bond motifs is 1. The van der Waals surface area contributed by atoms with E-state index >= 15 is 0 Å². The van der Waals surface area contributed by atoms with E-state index < -0.39 is 12.2 Å². The first kappa shape index (κ1) is 22.4. The summed E-state index contributed by atoms with van der Waals surface area (Å²) in [6.45, 7) is 0.983. The number of aliphatic hydroxyl groups excluding tert-OH is 1. The average Bonchev–Trinajstić information content (AvgIpc) is 3.28. The smallest absolute Gasteiger partial charge is 0.321 e. The Kier molecular flexibility index (Phi) is 6.03. The highest BCUT2D eigenvalue weighted by Gasteiger charge is 2.31. The van der Waals surface area contributed by atoms with Crippen molar-refractivity contribution in [3.05, 3.63) is 101 Å². The van der Waals surface area contributed by atoms with Crippen LogP contribution in [0.1, 0.15) is 16.7 Å². The van der Waals surface area contributed by atoms with Crippen molar-refractivity contribution in [3.8, 4) is 0 Å². The van der Waals surface area contributed by atoms with Gasteiger partial charge in [-0.2, -0.15) is 0 Å². The molecule has 8 nitrogen and oxygen atoms in total. The molecule has 35 heavy (non-hydrogen) atoms. The summed E-state index contributed by atoms with van der Waals surface area (Å²) in [5, 5.41) is 18.7. The quantitative estimate of drug-likeness (QED) is 0.471. The summed E-state index contributed by atoms with van der Waals surface area (Å²) in [5.41, 5.74) is 5.15. The van der Waals surface area contributed by atoms with Crippen molar-refractivity contribution in [2.45, 2.75) is 6.17 Å². The van der Waals surface area contributed by atoms with Gasteiger partial charge in [-0.25, -0.2) is 9.79 Å². The molecule has 0 spiro atoms. The van der Waals surface area contributed by atoms with Crippen LogP contribution in [0.2, 0.25) is 0 Å². The molecule has 2 aliphatic heterocycles. The number of benzene rings is 3. The standard InChI is InChI=1S/C27H25N5O3/c1-32-22-13-6-5-12-20(22)24(17-8-3-2-4-9-17)30-25(26(32)34)31-27(35)29-19-11-7-10-18(14-19)21-15-28-16-23(21)33/h2-14,25,28,33H,15-16H2,1H3,(H2,29,31,35)/t25-/m0/s1. The molecule has 0 aliphatic carbocycles. The van der Waals surface area contributed by atoms with E-state index in [1.807, 2.05) is 60.7 Å². The van der Waals surface area contributed by atoms with Crippen LogP contribution >= 0.6 is 0 Å². The van der Waals surface area contributed by atoms with Gasteiger partial charge in [-0.05, 0) is 23.8 Å². The van der Waals surface area contributed by atoms with E-state index in [2.05, 4.69) is 16.0 Å². The fourth-order valence-corrected chi connectivity index (χ4v) is 4.30. The fourth-order valence-electron chi connectivity index (χ4n) is 4.30. The minimum Gasteiger partial charge on any atom is -0.511 e. The van der Waals surface area contributed by atoms with Crippen LogP contribution in [-0.4, -0.2) is 49.1 Å². The van der Waals surface area contributed by atoms with Crippen molar-refractivity contribution >= 4 is 34.6 Å². The SMILES string of the molecule is CN1C(=O)[C@H](NC(=O)Nc2cccc(C3=C(O)CNC3)c2)N=C(c2ccccc2)c2ccccc21. The summed E-state index contributed by atoms with van der Waals surface area (Å²) in [6, 6.07) is 23.8. The predicted octanol–water partition coefficient (Wildman–Crippen LogP) is 3.52. The van der Waals surface area contributed by atoms with Gasteiger partial charge < -0.3 is 26.0 Å². The van der Waals surface area contributed by atoms with E-state index in [4.69, 9.17) is 4.99 Å². The largest absolute Gasteiger partial charge is 0.511 e. The van der Waals surface area contributed by atoms with Gasteiger partial charge in [-0.15, -0.1) is 0 Å². The Hall–Kier alpha value is -4.43. The Morgan fingerprint density at radius 1 is 1.00 bits per heavy atom. The van der Waals surface area contributed by atoms with Gasteiger partial charge in [-0.1, -0.05) is 60.7 Å². The lowest BCUT2D eigenvalue weighted by Gasteiger charge is -2.21. The number of urea groups is 1. The number of hydrogen-bond donors (Lipinski definition) is 4. The summed E-state index contributed by atoms with van der Waals surface area (Å²) in [6.07, 6.45) is -1.11. The molecule has 2 aliphatic rings. The minimum atomic E-state index is -1.11. The fraction of sp³-hybridized carbons (Fsp3) is 0.148. The molecule has 0 fully saturated rings. The van der Waals surface area contributed by atoms with Crippen LogP contribution in [0.5, 0.6) is 0 Å². The third kappa shape index (κ3) is 4.51. The molecule has 0 bridgehead atoms. The first-order valence-corrected chi connectivity index (χ1v) is 11.3. The summed E-state index contributed by atoms with van der Waals surface area (Å²) >= 11 is 0. The van der Waals surface area contributed by atoms with Crippen LogP contribution in [0.25, 0.3) is 5.57 Å². The summed E-state index contributed by atoms with van der Waals surface area (Å²) < 4.78 is 0.